The lowest BCUT2D eigenvalue weighted by molar-refractivity contribution is -0.417. The first-order chi connectivity index (χ1) is 43.2. The number of allylic oxidation sites excluding steroid dienone is 4. The van der Waals surface area contributed by atoms with Gasteiger partial charge in [-0.25, -0.2) is 0 Å². The van der Waals surface area contributed by atoms with Gasteiger partial charge in [-0.05, 0) is 38.5 Å². The number of carbonyl (C=O) groups is 1. The minimum atomic E-state index is -2.28. The van der Waals surface area contributed by atoms with E-state index in [1.807, 2.05) is 0 Å². The molecule has 0 spiro atoms. The van der Waals surface area contributed by atoms with Gasteiger partial charge in [-0.3, -0.25) is 4.79 Å². The Labute approximate surface area is 521 Å². The van der Waals surface area contributed by atoms with Crippen molar-refractivity contribution in [2.75, 3.05) is 39.6 Å². The molecular formula is C58H100O32. The van der Waals surface area contributed by atoms with Gasteiger partial charge >= 0.3 is 5.97 Å². The highest BCUT2D eigenvalue weighted by atomic mass is 16.8. The maximum atomic E-state index is 13.4. The van der Waals surface area contributed by atoms with E-state index in [1.165, 1.54) is 44.9 Å². The molecule has 32 heteroatoms. The second-order valence-electron chi connectivity index (χ2n) is 23.6. The molecule has 524 valence electrons. The highest BCUT2D eigenvalue weighted by molar-refractivity contribution is 5.69. The fourth-order valence-electron chi connectivity index (χ4n) is 11.5. The lowest BCUT2D eigenvalue weighted by Crippen LogP contribution is -2.69. The summed E-state index contributed by atoms with van der Waals surface area (Å²) in [5, 5.41) is 206. The molecule has 0 radical (unpaired) electrons. The molecule has 19 N–H and O–H groups in total. The fraction of sp³-hybridized carbons (Fsp3) is 0.914. The van der Waals surface area contributed by atoms with Crippen molar-refractivity contribution in [2.45, 2.75) is 294 Å². The minimum Gasteiger partial charge on any atom is -0.433 e. The number of unbranched alkanes of at least 4 members (excludes halogenated alkanes) is 12. The quantitative estimate of drug-likeness (QED) is 0.0159. The normalized spacial score (nSPS) is 42.9. The van der Waals surface area contributed by atoms with Crippen LogP contribution in [-0.2, 0) is 61.6 Å². The van der Waals surface area contributed by atoms with E-state index in [2.05, 4.69) is 31.2 Å². The van der Waals surface area contributed by atoms with E-state index in [0.29, 0.717) is 12.8 Å². The van der Waals surface area contributed by atoms with E-state index in [-0.39, 0.29) is 6.42 Å². The average molecular weight is 1310 g/mol. The molecule has 0 amide bonds. The molecule has 0 aromatic carbocycles. The summed E-state index contributed by atoms with van der Waals surface area (Å²) in [5.41, 5.74) is 0. The van der Waals surface area contributed by atoms with Crippen LogP contribution in [0.5, 0.6) is 0 Å². The third-order valence-electron chi connectivity index (χ3n) is 17.0. The van der Waals surface area contributed by atoms with Crippen LogP contribution < -0.4 is 0 Å². The molecule has 6 rings (SSSR count). The van der Waals surface area contributed by atoms with E-state index >= 15 is 0 Å². The summed E-state index contributed by atoms with van der Waals surface area (Å²) in [5.74, 6) is -0.849. The zero-order valence-electron chi connectivity index (χ0n) is 50.5. The zero-order chi connectivity index (χ0) is 65.8. The first kappa shape index (κ1) is 76.8. The largest absolute Gasteiger partial charge is 0.433 e. The van der Waals surface area contributed by atoms with Crippen molar-refractivity contribution in [3.05, 3.63) is 24.3 Å². The Morgan fingerprint density at radius 2 is 0.578 bits per heavy atom. The standard InChI is InChI=1S/C58H100O32/c1-2-3-4-5-6-7-8-9-10-11-12-13-14-15-16-17-18-19-20-21-34(65)85-54-48(42(73)36(67)29(23-60)80-54)87-56-50(44(75)38(69)31(25-62)82-56)89-58-52(46(77)40(71)33(27-64)84-58)90-57-51(45(76)39(70)32(26-63)83-57)88-55-49(43(74)37(68)30(24-61)81-55)86-53-47(78)41(72)35(66)28(22-59)79-53/h10-11,13-14,28-33,35-64,66-78H,2-9,12,15-27H2,1H3. The van der Waals surface area contributed by atoms with Crippen molar-refractivity contribution in [3.63, 3.8) is 0 Å². The predicted octanol–water partition coefficient (Wildman–Crippen LogP) is -6.18. The van der Waals surface area contributed by atoms with Gasteiger partial charge in [0.25, 0.3) is 0 Å². The Morgan fingerprint density at radius 1 is 0.311 bits per heavy atom. The second kappa shape index (κ2) is 38.5. The highest BCUT2D eigenvalue weighted by Gasteiger charge is 2.59. The summed E-state index contributed by atoms with van der Waals surface area (Å²) in [7, 11) is 0. The molecule has 30 unspecified atom stereocenters. The molecular weight excluding hydrogens is 1210 g/mol. The number of ether oxygens (including phenoxy) is 12. The monoisotopic (exact) mass is 1310 g/mol. The van der Waals surface area contributed by atoms with Crippen molar-refractivity contribution < 1.29 is 159 Å². The third-order valence-corrected chi connectivity index (χ3v) is 17.0. The first-order valence-corrected chi connectivity index (χ1v) is 31.4. The number of hydrogen-bond donors (Lipinski definition) is 19. The molecule has 6 saturated heterocycles. The molecule has 0 aromatic rings. The topological polar surface area (TPSA) is 512 Å². The predicted molar refractivity (Wildman–Crippen MR) is 301 cm³/mol. The fourth-order valence-corrected chi connectivity index (χ4v) is 11.5. The number of hydrogen-bond acceptors (Lipinski definition) is 32. The molecule has 90 heavy (non-hydrogen) atoms. The Balaban J connectivity index is 1.16. The van der Waals surface area contributed by atoms with Crippen LogP contribution in [0.2, 0.25) is 0 Å². The van der Waals surface area contributed by atoms with Gasteiger partial charge in [0, 0.05) is 6.42 Å². The van der Waals surface area contributed by atoms with Crippen LogP contribution in [0.1, 0.15) is 110 Å². The van der Waals surface area contributed by atoms with Gasteiger partial charge in [-0.15, -0.1) is 0 Å². The van der Waals surface area contributed by atoms with Crippen LogP contribution in [0.3, 0.4) is 0 Å². The van der Waals surface area contributed by atoms with Crippen molar-refractivity contribution >= 4 is 5.97 Å². The van der Waals surface area contributed by atoms with E-state index < -0.39 is 230 Å². The second-order valence-corrected chi connectivity index (χ2v) is 23.6. The van der Waals surface area contributed by atoms with Crippen molar-refractivity contribution in [3.8, 4) is 0 Å². The van der Waals surface area contributed by atoms with Gasteiger partial charge in [-0.2, -0.15) is 0 Å². The maximum absolute atomic E-state index is 13.4. The van der Waals surface area contributed by atoms with Gasteiger partial charge < -0.3 is 154 Å². The van der Waals surface area contributed by atoms with Gasteiger partial charge in [-0.1, -0.05) is 89.0 Å². The first-order valence-electron chi connectivity index (χ1n) is 31.4. The number of rotatable bonds is 35. The number of esters is 1. The van der Waals surface area contributed by atoms with E-state index in [0.717, 1.165) is 38.5 Å². The molecule has 0 saturated carbocycles. The van der Waals surface area contributed by atoms with Crippen LogP contribution in [0.25, 0.3) is 0 Å². The third kappa shape index (κ3) is 20.2. The number of aliphatic hydroxyl groups excluding tert-OH is 19. The molecule has 30 atom stereocenters. The van der Waals surface area contributed by atoms with Gasteiger partial charge in [0.05, 0.1) is 39.6 Å². The summed E-state index contributed by atoms with van der Waals surface area (Å²) >= 11 is 0. The molecule has 0 bridgehead atoms. The maximum Gasteiger partial charge on any atom is 0.308 e. The van der Waals surface area contributed by atoms with E-state index in [9.17, 15) is 102 Å². The summed E-state index contributed by atoms with van der Waals surface area (Å²) < 4.78 is 69.9. The Morgan fingerprint density at radius 3 is 0.911 bits per heavy atom. The van der Waals surface area contributed by atoms with Gasteiger partial charge in [0.2, 0.25) is 6.29 Å². The molecule has 6 aliphatic heterocycles. The number of carbonyl (C=O) groups excluding carboxylic acids is 1. The van der Waals surface area contributed by atoms with Gasteiger partial charge in [0.1, 0.15) is 140 Å². The van der Waals surface area contributed by atoms with Crippen molar-refractivity contribution in [1.29, 1.82) is 0 Å². The van der Waals surface area contributed by atoms with Crippen LogP contribution in [0, 0.1) is 0 Å². The minimum absolute atomic E-state index is 0.145. The summed E-state index contributed by atoms with van der Waals surface area (Å²) in [6.45, 7) is -3.75. The van der Waals surface area contributed by atoms with E-state index in [4.69, 9.17) is 56.8 Å². The molecule has 0 aromatic heterocycles. The van der Waals surface area contributed by atoms with Crippen LogP contribution in [-0.4, -0.2) is 327 Å². The molecule has 6 heterocycles. The smallest absolute Gasteiger partial charge is 0.308 e. The highest BCUT2D eigenvalue weighted by Crippen LogP contribution is 2.38. The van der Waals surface area contributed by atoms with Crippen LogP contribution in [0.15, 0.2) is 24.3 Å². The molecule has 6 aliphatic rings. The summed E-state index contributed by atoms with van der Waals surface area (Å²) in [6.07, 6.45) is -36.8. The molecule has 6 fully saturated rings. The molecule has 32 nitrogen and oxygen atoms in total. The Bertz CT molecular complexity index is 2070. The number of aliphatic hydroxyl groups is 19. The Kier molecular flexibility index (Phi) is 32.8. The average Bonchev–Trinajstić information content (AvgIpc) is 0.900. The lowest BCUT2D eigenvalue weighted by Gasteiger charge is -2.50. The van der Waals surface area contributed by atoms with Crippen LogP contribution in [0.4, 0.5) is 0 Å². The van der Waals surface area contributed by atoms with Crippen molar-refractivity contribution in [1.82, 2.24) is 0 Å². The SMILES string of the molecule is CCCCCCCCCC=CCC=CCCCCCCCC(=O)OC1OC(CO)C(O)C(O)C1OC1OC(CO)C(O)C(O)C1OC1OC(CO)C(O)C(O)C1OC1OC(CO)C(O)C(O)C1OC1OC(CO)C(O)C(O)C1OC1OC(CO)C(O)C(O)C1O. The summed E-state index contributed by atoms with van der Waals surface area (Å²) in [6, 6.07) is 0. The van der Waals surface area contributed by atoms with Crippen molar-refractivity contribution in [2.24, 2.45) is 0 Å². The zero-order valence-corrected chi connectivity index (χ0v) is 50.5. The summed E-state index contributed by atoms with van der Waals surface area (Å²) in [4.78, 5) is 13.4. The Hall–Kier alpha value is -2.25. The lowest BCUT2D eigenvalue weighted by atomic mass is 9.95. The van der Waals surface area contributed by atoms with E-state index in [1.54, 1.807) is 0 Å². The van der Waals surface area contributed by atoms with Crippen LogP contribution >= 0.6 is 0 Å². The molecule has 0 aliphatic carbocycles. The van der Waals surface area contributed by atoms with Gasteiger partial charge in [0.15, 0.2) is 37.6 Å².